The fraction of sp³-hybridized carbons (Fsp3) is 0.250. The molecule has 0 unspecified atom stereocenters. The van der Waals surface area contributed by atoms with Crippen LogP contribution >= 0.6 is 11.3 Å². The van der Waals surface area contributed by atoms with E-state index in [0.717, 1.165) is 10.0 Å². The lowest BCUT2D eigenvalue weighted by atomic mass is 10.8. The first-order chi connectivity index (χ1) is 3.83. The lowest BCUT2D eigenvalue weighted by molar-refractivity contribution is 1.28. The normalized spacial score (nSPS) is 9.25. The molecule has 0 aliphatic carbocycles. The largest absolute Gasteiger partial charge is 0.314 e. The molecule has 1 rings (SSSR count). The summed E-state index contributed by atoms with van der Waals surface area (Å²) in [7, 11) is 0. The minimum absolute atomic E-state index is 0.905. The summed E-state index contributed by atoms with van der Waals surface area (Å²) in [6.45, 7) is 1.94. The van der Waals surface area contributed by atoms with Crippen molar-refractivity contribution >= 4 is 16.3 Å². The molecule has 3 nitrogen and oxygen atoms in total. The Bertz CT molecular complexity index is 172. The van der Waals surface area contributed by atoms with E-state index in [9.17, 15) is 0 Å². The van der Waals surface area contributed by atoms with Gasteiger partial charge in [-0.1, -0.05) is 0 Å². The van der Waals surface area contributed by atoms with Gasteiger partial charge in [-0.15, -0.1) is 11.3 Å². The second-order valence-electron chi connectivity index (χ2n) is 1.39. The number of hydrogen-bond acceptors (Lipinski definition) is 4. The fourth-order valence-electron chi connectivity index (χ4n) is 0.428. The topological polar surface area (TPSA) is 50.9 Å². The number of thiazole rings is 1. The first-order valence-electron chi connectivity index (χ1n) is 2.22. The Labute approximate surface area is 51.5 Å². The summed E-state index contributed by atoms with van der Waals surface area (Å²) in [4.78, 5) is 3.96. The van der Waals surface area contributed by atoms with Gasteiger partial charge in [-0.25, -0.2) is 10.8 Å². The lowest BCUT2D eigenvalue weighted by Gasteiger charge is -1.85. The molecule has 0 aliphatic rings. The first-order valence-corrected chi connectivity index (χ1v) is 3.03. The zero-order valence-corrected chi connectivity index (χ0v) is 5.33. The molecule has 44 valence electrons. The molecule has 0 atom stereocenters. The first kappa shape index (κ1) is 5.53. The Morgan fingerprint density at radius 1 is 1.88 bits per heavy atom. The van der Waals surface area contributed by atoms with Crippen LogP contribution in [-0.2, 0) is 0 Å². The molecule has 4 heteroatoms. The minimum Gasteiger partial charge on any atom is -0.314 e. The predicted octanol–water partition coefficient (Wildman–Crippen LogP) is 0.737. The number of hydrogen-bond donors (Lipinski definition) is 2. The summed E-state index contributed by atoms with van der Waals surface area (Å²) in [6.07, 6.45) is 1.71. The molecule has 0 bridgehead atoms. The highest BCUT2D eigenvalue weighted by Gasteiger charge is 1.90. The lowest BCUT2D eigenvalue weighted by Crippen LogP contribution is -2.04. The Balaban J connectivity index is 2.84. The van der Waals surface area contributed by atoms with Crippen LogP contribution in [-0.4, -0.2) is 4.98 Å². The smallest absolute Gasteiger partial charge is 0.123 e. The molecule has 1 aromatic rings. The highest BCUT2D eigenvalue weighted by Crippen LogP contribution is 2.14. The van der Waals surface area contributed by atoms with Crippen molar-refractivity contribution < 1.29 is 0 Å². The van der Waals surface area contributed by atoms with Crippen LogP contribution in [0, 0.1) is 6.92 Å². The molecular formula is C4H7N3S. The highest BCUT2D eigenvalue weighted by molar-refractivity contribution is 7.15. The van der Waals surface area contributed by atoms with Crippen LogP contribution in [0.4, 0.5) is 5.00 Å². The quantitative estimate of drug-likeness (QED) is 0.434. The maximum absolute atomic E-state index is 5.08. The van der Waals surface area contributed by atoms with Crippen LogP contribution in [0.2, 0.25) is 0 Å². The number of nitrogens with two attached hydrogens (primary N) is 1. The van der Waals surface area contributed by atoms with Crippen molar-refractivity contribution in [3.8, 4) is 0 Å². The number of anilines is 1. The van der Waals surface area contributed by atoms with Gasteiger partial charge >= 0.3 is 0 Å². The van der Waals surface area contributed by atoms with Gasteiger partial charge in [-0.3, -0.25) is 0 Å². The Morgan fingerprint density at radius 3 is 2.88 bits per heavy atom. The third kappa shape index (κ3) is 0.962. The van der Waals surface area contributed by atoms with Crippen LogP contribution in [0.5, 0.6) is 0 Å². The maximum Gasteiger partial charge on any atom is 0.123 e. The van der Waals surface area contributed by atoms with E-state index in [2.05, 4.69) is 10.4 Å². The monoisotopic (exact) mass is 129 g/mol. The second-order valence-corrected chi connectivity index (χ2v) is 2.62. The summed E-state index contributed by atoms with van der Waals surface area (Å²) < 4.78 is 0. The molecule has 1 heterocycles. The van der Waals surface area contributed by atoms with Crippen LogP contribution in [0.15, 0.2) is 6.20 Å². The van der Waals surface area contributed by atoms with Crippen molar-refractivity contribution in [2.75, 3.05) is 5.43 Å². The van der Waals surface area contributed by atoms with Crippen molar-refractivity contribution in [3.63, 3.8) is 0 Å². The molecule has 0 saturated heterocycles. The zero-order valence-electron chi connectivity index (χ0n) is 4.51. The number of aryl methyl sites for hydroxylation is 1. The average Bonchev–Trinajstić information content (AvgIpc) is 2.14. The third-order valence-electron chi connectivity index (χ3n) is 0.764. The van der Waals surface area contributed by atoms with E-state index in [4.69, 9.17) is 5.84 Å². The van der Waals surface area contributed by atoms with Crippen LogP contribution in [0.3, 0.4) is 0 Å². The van der Waals surface area contributed by atoms with E-state index in [1.807, 2.05) is 6.92 Å². The van der Waals surface area contributed by atoms with Gasteiger partial charge in [0.2, 0.25) is 0 Å². The number of nitrogen functional groups attached to an aromatic ring is 1. The van der Waals surface area contributed by atoms with Crippen LogP contribution in [0.25, 0.3) is 0 Å². The van der Waals surface area contributed by atoms with Gasteiger partial charge in [-0.2, -0.15) is 0 Å². The summed E-state index contributed by atoms with van der Waals surface area (Å²) in [5.41, 5.74) is 2.50. The van der Waals surface area contributed by atoms with Crippen LogP contribution < -0.4 is 11.3 Å². The second kappa shape index (κ2) is 2.11. The van der Waals surface area contributed by atoms with Crippen molar-refractivity contribution in [3.05, 3.63) is 11.2 Å². The summed E-state index contributed by atoms with van der Waals surface area (Å²) in [5, 5.41) is 1.93. The van der Waals surface area contributed by atoms with E-state index >= 15 is 0 Å². The molecule has 0 saturated carbocycles. The molecule has 3 N–H and O–H groups in total. The summed E-state index contributed by atoms with van der Waals surface area (Å²) in [5.74, 6) is 5.08. The molecule has 8 heavy (non-hydrogen) atoms. The van der Waals surface area contributed by atoms with E-state index in [0.29, 0.717) is 0 Å². The predicted molar refractivity (Wildman–Crippen MR) is 34.7 cm³/mol. The maximum atomic E-state index is 5.08. The summed E-state index contributed by atoms with van der Waals surface area (Å²) >= 11 is 1.54. The number of hydrazine groups is 1. The fourth-order valence-corrected chi connectivity index (χ4v) is 1.02. The Morgan fingerprint density at radius 2 is 2.62 bits per heavy atom. The zero-order chi connectivity index (χ0) is 5.98. The van der Waals surface area contributed by atoms with E-state index in [1.165, 1.54) is 0 Å². The molecule has 0 aromatic carbocycles. The standard InChI is InChI=1S/C4H7N3S/c1-3-6-2-4(7-5)8-3/h2,7H,5H2,1H3. The van der Waals surface area contributed by atoms with Crippen molar-refractivity contribution in [2.24, 2.45) is 5.84 Å². The SMILES string of the molecule is Cc1ncc(NN)s1. The molecule has 0 aliphatic heterocycles. The van der Waals surface area contributed by atoms with Gasteiger partial charge in [0.05, 0.1) is 11.2 Å². The van der Waals surface area contributed by atoms with Gasteiger partial charge in [0.25, 0.3) is 0 Å². The number of nitrogens with zero attached hydrogens (tertiary/aromatic N) is 1. The Kier molecular flexibility index (Phi) is 1.45. The minimum atomic E-state index is 0.905. The Hall–Kier alpha value is -0.610. The van der Waals surface area contributed by atoms with E-state index in [1.54, 1.807) is 17.5 Å². The van der Waals surface area contributed by atoms with Crippen molar-refractivity contribution in [1.29, 1.82) is 0 Å². The van der Waals surface area contributed by atoms with Crippen molar-refractivity contribution in [2.45, 2.75) is 6.92 Å². The third-order valence-corrected chi connectivity index (χ3v) is 1.61. The van der Waals surface area contributed by atoms with E-state index in [-0.39, 0.29) is 0 Å². The van der Waals surface area contributed by atoms with Gasteiger partial charge in [-0.05, 0) is 6.92 Å². The van der Waals surface area contributed by atoms with Crippen molar-refractivity contribution in [1.82, 2.24) is 4.98 Å². The van der Waals surface area contributed by atoms with Crippen LogP contribution in [0.1, 0.15) is 5.01 Å². The van der Waals surface area contributed by atoms with Gasteiger partial charge in [0.1, 0.15) is 5.00 Å². The molecule has 0 radical (unpaired) electrons. The molecule has 0 fully saturated rings. The van der Waals surface area contributed by atoms with Gasteiger partial charge in [0, 0.05) is 0 Å². The summed E-state index contributed by atoms with van der Waals surface area (Å²) in [6, 6.07) is 0. The molecule has 1 aromatic heterocycles. The number of rotatable bonds is 1. The average molecular weight is 129 g/mol. The van der Waals surface area contributed by atoms with Gasteiger partial charge in [0.15, 0.2) is 0 Å². The molecule has 0 amide bonds. The highest BCUT2D eigenvalue weighted by atomic mass is 32.1. The number of nitrogens with one attached hydrogen (secondary N) is 1. The molecule has 0 spiro atoms. The number of aromatic nitrogens is 1. The molecular weight excluding hydrogens is 122 g/mol. The van der Waals surface area contributed by atoms with E-state index < -0.39 is 0 Å². The van der Waals surface area contributed by atoms with Gasteiger partial charge < -0.3 is 5.43 Å².